The molecule has 2 N–H and O–H groups in total. The van der Waals surface area contributed by atoms with Gasteiger partial charge in [0.05, 0.1) is 19.3 Å². The first-order chi connectivity index (χ1) is 7.45. The molecule has 0 rings (SSSR count). The number of aliphatic hydroxyl groups excluding tert-OH is 1. The largest absolute Gasteiger partial charge is 0.395 e. The zero-order chi connectivity index (χ0) is 12.6. The van der Waals surface area contributed by atoms with E-state index in [1.54, 1.807) is 0 Å². The fraction of sp³-hybridized carbons (Fsp3) is 0.750. The molecule has 0 aromatic heterocycles. The maximum atomic E-state index is 11.1. The quantitative estimate of drug-likeness (QED) is 0.460. The van der Waals surface area contributed by atoms with Crippen LogP contribution in [0.1, 0.15) is 0 Å². The van der Waals surface area contributed by atoms with Gasteiger partial charge in [-0.3, -0.25) is 4.57 Å². The van der Waals surface area contributed by atoms with Crippen LogP contribution in [0.3, 0.4) is 0 Å². The summed E-state index contributed by atoms with van der Waals surface area (Å²) < 4.78 is 25.4. The van der Waals surface area contributed by atoms with Crippen molar-refractivity contribution in [2.75, 3.05) is 27.4 Å². The fourth-order valence-electron chi connectivity index (χ4n) is 0.838. The highest BCUT2D eigenvalue weighted by Gasteiger charge is 2.15. The second-order valence-corrected chi connectivity index (χ2v) is 4.73. The lowest BCUT2D eigenvalue weighted by atomic mass is 10.0. The second-order valence-electron chi connectivity index (χ2n) is 2.94. The SMILES string of the molecule is [B][C@@H](CO)O[C@H](/C=C/P(=O)(O)OC)COC. The van der Waals surface area contributed by atoms with Gasteiger partial charge in [-0.15, -0.1) is 0 Å². The number of ether oxygens (including phenoxy) is 2. The van der Waals surface area contributed by atoms with Crippen LogP contribution in [-0.4, -0.2) is 57.4 Å². The summed E-state index contributed by atoms with van der Waals surface area (Å²) in [4.78, 5) is 9.10. The van der Waals surface area contributed by atoms with Gasteiger partial charge in [0.1, 0.15) is 7.85 Å². The molecule has 92 valence electrons. The monoisotopic (exact) mass is 250 g/mol. The van der Waals surface area contributed by atoms with E-state index < -0.39 is 19.7 Å². The van der Waals surface area contributed by atoms with Gasteiger partial charge in [0.25, 0.3) is 0 Å². The Morgan fingerprint density at radius 3 is 2.56 bits per heavy atom. The topological polar surface area (TPSA) is 85.2 Å². The van der Waals surface area contributed by atoms with Gasteiger partial charge < -0.3 is 24.0 Å². The average Bonchev–Trinajstić information content (AvgIpc) is 2.26. The minimum Gasteiger partial charge on any atom is -0.395 e. The molecule has 0 saturated carbocycles. The molecule has 1 unspecified atom stereocenters. The predicted octanol–water partition coefficient (Wildman–Crippen LogP) is -0.150. The Morgan fingerprint density at radius 1 is 1.50 bits per heavy atom. The van der Waals surface area contributed by atoms with Crippen molar-refractivity contribution in [3.63, 3.8) is 0 Å². The van der Waals surface area contributed by atoms with Crippen molar-refractivity contribution in [3.05, 3.63) is 11.9 Å². The number of aliphatic hydroxyl groups is 1. The lowest BCUT2D eigenvalue weighted by molar-refractivity contribution is -0.0100. The van der Waals surface area contributed by atoms with E-state index >= 15 is 0 Å². The third-order valence-electron chi connectivity index (χ3n) is 1.61. The van der Waals surface area contributed by atoms with E-state index in [4.69, 9.17) is 27.3 Å². The van der Waals surface area contributed by atoms with Gasteiger partial charge in [0.2, 0.25) is 0 Å². The van der Waals surface area contributed by atoms with Crippen LogP contribution in [0.2, 0.25) is 0 Å². The van der Waals surface area contributed by atoms with Crippen molar-refractivity contribution in [1.82, 2.24) is 0 Å². The summed E-state index contributed by atoms with van der Waals surface area (Å²) in [6.45, 7) is -0.205. The maximum absolute atomic E-state index is 11.1. The van der Waals surface area contributed by atoms with Crippen molar-refractivity contribution >= 4 is 15.4 Å². The van der Waals surface area contributed by atoms with E-state index in [-0.39, 0.29) is 13.2 Å². The Hall–Kier alpha value is -0.165. The molecule has 0 saturated heterocycles. The molecule has 16 heavy (non-hydrogen) atoms. The van der Waals surface area contributed by atoms with E-state index in [1.165, 1.54) is 13.2 Å². The number of rotatable bonds is 8. The highest BCUT2D eigenvalue weighted by atomic mass is 31.2. The summed E-state index contributed by atoms with van der Waals surface area (Å²) >= 11 is 0. The Kier molecular flexibility index (Phi) is 7.92. The molecule has 0 heterocycles. The third-order valence-corrected chi connectivity index (χ3v) is 2.68. The van der Waals surface area contributed by atoms with Crippen LogP contribution >= 0.6 is 7.60 Å². The predicted molar refractivity (Wildman–Crippen MR) is 59.4 cm³/mol. The van der Waals surface area contributed by atoms with Crippen LogP contribution in [0.25, 0.3) is 0 Å². The molecule has 8 heteroatoms. The Labute approximate surface area is 96.1 Å². The minimum atomic E-state index is -3.72. The Morgan fingerprint density at radius 2 is 2.12 bits per heavy atom. The Balaban J connectivity index is 4.38. The first-order valence-corrected chi connectivity index (χ1v) is 6.18. The zero-order valence-electron chi connectivity index (χ0n) is 9.28. The molecule has 3 atom stereocenters. The summed E-state index contributed by atoms with van der Waals surface area (Å²) in [6, 6.07) is -0.870. The molecule has 0 spiro atoms. The van der Waals surface area contributed by atoms with Crippen LogP contribution in [0, 0.1) is 0 Å². The average molecular weight is 250 g/mol. The van der Waals surface area contributed by atoms with Gasteiger partial charge in [-0.05, 0) is 6.08 Å². The van der Waals surface area contributed by atoms with E-state index in [0.717, 1.165) is 12.9 Å². The second kappa shape index (κ2) is 8.00. The minimum absolute atomic E-state index is 0.147. The van der Waals surface area contributed by atoms with Crippen LogP contribution in [0.5, 0.6) is 0 Å². The molecule has 0 fully saturated rings. The highest BCUT2D eigenvalue weighted by molar-refractivity contribution is 7.56. The van der Waals surface area contributed by atoms with Crippen molar-refractivity contribution in [2.45, 2.75) is 12.1 Å². The molecule has 0 aromatic rings. The molecular weight excluding hydrogens is 234 g/mol. The summed E-state index contributed by atoms with van der Waals surface area (Å²) in [7, 11) is 4.20. The van der Waals surface area contributed by atoms with Crippen LogP contribution in [0.4, 0.5) is 0 Å². The number of hydrogen-bond acceptors (Lipinski definition) is 5. The zero-order valence-corrected chi connectivity index (χ0v) is 10.2. The molecule has 0 aromatic carbocycles. The fourth-order valence-corrected chi connectivity index (χ4v) is 1.37. The summed E-state index contributed by atoms with van der Waals surface area (Å²) in [5.74, 6) is 0.987. The van der Waals surface area contributed by atoms with Crippen molar-refractivity contribution < 1.29 is 28.6 Å². The first kappa shape index (κ1) is 15.8. The van der Waals surface area contributed by atoms with Crippen LogP contribution < -0.4 is 0 Å². The molecule has 0 aliphatic heterocycles. The van der Waals surface area contributed by atoms with Gasteiger partial charge in [0.15, 0.2) is 0 Å². The molecule has 0 aliphatic carbocycles. The molecule has 6 nitrogen and oxygen atoms in total. The summed E-state index contributed by atoms with van der Waals surface area (Å²) in [5, 5.41) is 8.68. The molecule has 0 aliphatic rings. The third kappa shape index (κ3) is 7.17. The van der Waals surface area contributed by atoms with Crippen molar-refractivity contribution in [3.8, 4) is 0 Å². The van der Waals surface area contributed by atoms with Crippen LogP contribution in [-0.2, 0) is 18.6 Å². The smallest absolute Gasteiger partial charge is 0.351 e. The maximum Gasteiger partial charge on any atom is 0.351 e. The molecular formula is C8H16BO6P. The molecule has 0 amide bonds. The molecule has 0 bridgehead atoms. The van der Waals surface area contributed by atoms with E-state index in [0.29, 0.717) is 0 Å². The van der Waals surface area contributed by atoms with E-state index in [2.05, 4.69) is 4.52 Å². The molecule has 2 radical (unpaired) electrons. The lowest BCUT2D eigenvalue weighted by Gasteiger charge is -2.18. The first-order valence-electron chi connectivity index (χ1n) is 4.53. The van der Waals surface area contributed by atoms with Crippen LogP contribution in [0.15, 0.2) is 11.9 Å². The van der Waals surface area contributed by atoms with Gasteiger partial charge in [-0.2, -0.15) is 0 Å². The number of hydrogen-bond donors (Lipinski definition) is 2. The van der Waals surface area contributed by atoms with Gasteiger partial charge >= 0.3 is 7.60 Å². The van der Waals surface area contributed by atoms with Gasteiger partial charge in [-0.1, -0.05) is 0 Å². The number of methoxy groups -OCH3 is 1. The normalized spacial score (nSPS) is 19.5. The van der Waals surface area contributed by atoms with E-state index in [1.807, 2.05) is 0 Å². The Bertz CT molecular complexity index is 259. The van der Waals surface area contributed by atoms with E-state index in [9.17, 15) is 4.57 Å². The summed E-state index contributed by atoms with van der Waals surface area (Å²) in [6.07, 6.45) is 0.686. The highest BCUT2D eigenvalue weighted by Crippen LogP contribution is 2.42. The summed E-state index contributed by atoms with van der Waals surface area (Å²) in [5.41, 5.74) is 0. The van der Waals surface area contributed by atoms with Crippen molar-refractivity contribution in [2.24, 2.45) is 0 Å². The van der Waals surface area contributed by atoms with Gasteiger partial charge in [-0.25, -0.2) is 0 Å². The lowest BCUT2D eigenvalue weighted by Crippen LogP contribution is -2.27. The van der Waals surface area contributed by atoms with Crippen molar-refractivity contribution in [1.29, 1.82) is 0 Å². The van der Waals surface area contributed by atoms with Gasteiger partial charge in [0, 0.05) is 26.0 Å². The standard InChI is InChI=1S/C8H16BO6P/c1-13-6-7(15-8(9)5-10)3-4-16(11,12)14-2/h3-4,7-8,10H,5-6H2,1-2H3,(H,11,12)/b4-3+/t7-,8-/m1/s1.